The van der Waals surface area contributed by atoms with E-state index in [1.54, 1.807) is 16.9 Å². The van der Waals surface area contributed by atoms with Gasteiger partial charge in [-0.1, -0.05) is 29.0 Å². The summed E-state index contributed by atoms with van der Waals surface area (Å²) in [5.41, 5.74) is 2.14. The summed E-state index contributed by atoms with van der Waals surface area (Å²) in [5.74, 6) is 1.54. The highest BCUT2D eigenvalue weighted by atomic mass is 32.1. The average Bonchev–Trinajstić information content (AvgIpc) is 3.15. The number of hydrogen-bond donors (Lipinski definition) is 0. The van der Waals surface area contributed by atoms with E-state index >= 15 is 0 Å². The SMILES string of the molecule is Cc1ccc(OCc2nn3c(-c4ccncc4)nnc3s2)cc1. The van der Waals surface area contributed by atoms with E-state index < -0.39 is 0 Å². The van der Waals surface area contributed by atoms with Gasteiger partial charge in [-0.25, -0.2) is 0 Å². The summed E-state index contributed by atoms with van der Waals surface area (Å²) in [7, 11) is 0. The Bertz CT molecular complexity index is 930. The first-order valence-corrected chi connectivity index (χ1v) is 7.92. The molecule has 0 aliphatic rings. The smallest absolute Gasteiger partial charge is 0.235 e. The maximum Gasteiger partial charge on any atom is 0.235 e. The Kier molecular flexibility index (Phi) is 3.47. The Morgan fingerprint density at radius 2 is 1.83 bits per heavy atom. The molecule has 0 fully saturated rings. The normalized spacial score (nSPS) is 11.0. The molecule has 0 unspecified atom stereocenters. The third-order valence-corrected chi connectivity index (χ3v) is 4.23. The monoisotopic (exact) mass is 323 g/mol. The molecular weight excluding hydrogens is 310 g/mol. The van der Waals surface area contributed by atoms with Gasteiger partial charge in [0.05, 0.1) is 0 Å². The quantitative estimate of drug-likeness (QED) is 0.577. The molecule has 6 nitrogen and oxygen atoms in total. The minimum Gasteiger partial charge on any atom is -0.486 e. The van der Waals surface area contributed by atoms with Gasteiger partial charge in [0, 0.05) is 18.0 Å². The molecule has 4 rings (SSSR count). The van der Waals surface area contributed by atoms with Crippen LogP contribution in [0.2, 0.25) is 0 Å². The van der Waals surface area contributed by atoms with Gasteiger partial charge < -0.3 is 4.74 Å². The van der Waals surface area contributed by atoms with E-state index in [2.05, 4.69) is 20.3 Å². The van der Waals surface area contributed by atoms with E-state index in [4.69, 9.17) is 4.74 Å². The molecular formula is C16H13N5OS. The lowest BCUT2D eigenvalue weighted by Gasteiger charge is -2.03. The van der Waals surface area contributed by atoms with Gasteiger partial charge in [0.25, 0.3) is 0 Å². The van der Waals surface area contributed by atoms with E-state index in [1.807, 2.05) is 43.3 Å². The van der Waals surface area contributed by atoms with Crippen molar-refractivity contribution in [3.63, 3.8) is 0 Å². The first-order valence-electron chi connectivity index (χ1n) is 7.10. The topological polar surface area (TPSA) is 65.2 Å². The maximum absolute atomic E-state index is 5.77. The molecule has 0 aliphatic carbocycles. The molecule has 0 aliphatic heterocycles. The molecule has 0 N–H and O–H groups in total. The Hall–Kier alpha value is -2.80. The number of fused-ring (bicyclic) bond motifs is 1. The zero-order chi connectivity index (χ0) is 15.6. The highest BCUT2D eigenvalue weighted by molar-refractivity contribution is 7.16. The number of hydrogen-bond acceptors (Lipinski definition) is 6. The van der Waals surface area contributed by atoms with Crippen LogP contribution >= 0.6 is 11.3 Å². The highest BCUT2D eigenvalue weighted by Gasteiger charge is 2.13. The second-order valence-corrected chi connectivity index (χ2v) is 6.09. The lowest BCUT2D eigenvalue weighted by molar-refractivity contribution is 0.304. The summed E-state index contributed by atoms with van der Waals surface area (Å²) < 4.78 is 7.51. The van der Waals surface area contributed by atoms with Gasteiger partial charge in [0.15, 0.2) is 10.8 Å². The second-order valence-electron chi connectivity index (χ2n) is 5.05. The number of aromatic nitrogens is 5. The van der Waals surface area contributed by atoms with Crippen LogP contribution in [0.15, 0.2) is 48.8 Å². The van der Waals surface area contributed by atoms with Crippen molar-refractivity contribution in [2.75, 3.05) is 0 Å². The molecule has 0 atom stereocenters. The first-order chi connectivity index (χ1) is 11.3. The summed E-state index contributed by atoms with van der Waals surface area (Å²) in [6, 6.07) is 11.7. The van der Waals surface area contributed by atoms with Crippen molar-refractivity contribution in [1.82, 2.24) is 24.8 Å². The standard InChI is InChI=1S/C16H13N5OS/c1-11-2-4-13(5-3-11)22-10-14-20-21-15(18-19-16(21)23-14)12-6-8-17-9-7-12/h2-9H,10H2,1H3. The second kappa shape index (κ2) is 5.77. The molecule has 1 aromatic carbocycles. The van der Waals surface area contributed by atoms with Crippen LogP contribution in [0.3, 0.4) is 0 Å². The predicted octanol–water partition coefficient (Wildman–Crippen LogP) is 3.14. The summed E-state index contributed by atoms with van der Waals surface area (Å²) in [6.07, 6.45) is 3.45. The highest BCUT2D eigenvalue weighted by Crippen LogP contribution is 2.22. The fourth-order valence-electron chi connectivity index (χ4n) is 2.18. The van der Waals surface area contributed by atoms with Crippen molar-refractivity contribution in [3.05, 3.63) is 59.4 Å². The van der Waals surface area contributed by atoms with Crippen LogP contribution in [-0.2, 0) is 6.61 Å². The molecule has 7 heteroatoms. The minimum atomic E-state index is 0.410. The maximum atomic E-state index is 5.77. The summed E-state index contributed by atoms with van der Waals surface area (Å²) >= 11 is 1.47. The first kappa shape index (κ1) is 13.8. The van der Waals surface area contributed by atoms with E-state index in [9.17, 15) is 0 Å². The predicted molar refractivity (Wildman–Crippen MR) is 87.4 cm³/mol. The van der Waals surface area contributed by atoms with E-state index in [0.717, 1.165) is 21.3 Å². The molecule has 0 saturated heterocycles. The van der Waals surface area contributed by atoms with Gasteiger partial charge in [0.1, 0.15) is 12.4 Å². The number of benzene rings is 1. The summed E-state index contributed by atoms with van der Waals surface area (Å²) in [5, 5.41) is 13.8. The number of rotatable bonds is 4. The molecule has 0 saturated carbocycles. The Labute approximate surface area is 136 Å². The van der Waals surface area contributed by atoms with Gasteiger partial charge in [0.2, 0.25) is 4.96 Å². The minimum absolute atomic E-state index is 0.410. The van der Waals surface area contributed by atoms with Gasteiger partial charge >= 0.3 is 0 Å². The number of pyridine rings is 1. The van der Waals surface area contributed by atoms with Crippen molar-refractivity contribution >= 4 is 16.3 Å². The summed E-state index contributed by atoms with van der Waals surface area (Å²) in [4.78, 5) is 4.76. The third-order valence-electron chi connectivity index (χ3n) is 3.35. The van der Waals surface area contributed by atoms with Crippen molar-refractivity contribution in [2.24, 2.45) is 0 Å². The number of aryl methyl sites for hydroxylation is 1. The lowest BCUT2D eigenvalue weighted by atomic mass is 10.2. The van der Waals surface area contributed by atoms with E-state index in [0.29, 0.717) is 12.4 Å². The zero-order valence-corrected chi connectivity index (χ0v) is 13.2. The Morgan fingerprint density at radius 3 is 2.61 bits per heavy atom. The van der Waals surface area contributed by atoms with Gasteiger partial charge in [-0.2, -0.15) is 9.61 Å². The van der Waals surface area contributed by atoms with Gasteiger partial charge in [-0.15, -0.1) is 10.2 Å². The van der Waals surface area contributed by atoms with Crippen molar-refractivity contribution in [2.45, 2.75) is 13.5 Å². The lowest BCUT2D eigenvalue weighted by Crippen LogP contribution is -1.97. The van der Waals surface area contributed by atoms with Crippen LogP contribution in [-0.4, -0.2) is 24.8 Å². The Morgan fingerprint density at radius 1 is 1.04 bits per heavy atom. The van der Waals surface area contributed by atoms with Crippen LogP contribution in [0.4, 0.5) is 0 Å². The van der Waals surface area contributed by atoms with Crippen LogP contribution in [0, 0.1) is 6.92 Å². The van der Waals surface area contributed by atoms with Crippen LogP contribution in [0.25, 0.3) is 16.3 Å². The third kappa shape index (κ3) is 2.78. The number of ether oxygens (including phenoxy) is 1. The largest absolute Gasteiger partial charge is 0.486 e. The van der Waals surface area contributed by atoms with Crippen LogP contribution < -0.4 is 4.74 Å². The van der Waals surface area contributed by atoms with Crippen molar-refractivity contribution in [1.29, 1.82) is 0 Å². The molecule has 0 bridgehead atoms. The zero-order valence-electron chi connectivity index (χ0n) is 12.4. The summed E-state index contributed by atoms with van der Waals surface area (Å²) in [6.45, 7) is 2.46. The molecule has 114 valence electrons. The number of nitrogens with zero attached hydrogens (tertiary/aromatic N) is 5. The van der Waals surface area contributed by atoms with E-state index in [-0.39, 0.29) is 0 Å². The van der Waals surface area contributed by atoms with Crippen LogP contribution in [0.1, 0.15) is 10.6 Å². The molecule has 0 amide bonds. The molecule has 3 heterocycles. The van der Waals surface area contributed by atoms with Crippen molar-refractivity contribution < 1.29 is 4.74 Å². The van der Waals surface area contributed by atoms with Gasteiger partial charge in [-0.3, -0.25) is 4.98 Å². The molecule has 23 heavy (non-hydrogen) atoms. The van der Waals surface area contributed by atoms with Crippen molar-refractivity contribution in [3.8, 4) is 17.1 Å². The average molecular weight is 323 g/mol. The fraction of sp³-hybridized carbons (Fsp3) is 0.125. The molecule has 0 spiro atoms. The van der Waals surface area contributed by atoms with Gasteiger partial charge in [-0.05, 0) is 31.2 Å². The fourth-order valence-corrected chi connectivity index (χ4v) is 2.92. The van der Waals surface area contributed by atoms with E-state index in [1.165, 1.54) is 16.9 Å². The van der Waals surface area contributed by atoms with Crippen LogP contribution in [0.5, 0.6) is 5.75 Å². The molecule has 4 aromatic rings. The molecule has 3 aromatic heterocycles. The Balaban J connectivity index is 1.57. The molecule has 0 radical (unpaired) electrons.